The highest BCUT2D eigenvalue weighted by molar-refractivity contribution is 6.31. The molecule has 0 bridgehead atoms. The normalized spacial score (nSPS) is 14.8. The smallest absolute Gasteiger partial charge is 0.0848 e. The number of halogens is 1. The molecule has 0 unspecified atom stereocenters. The van der Waals surface area contributed by atoms with Crippen LogP contribution < -0.4 is 5.32 Å². The number of aryl methyl sites for hydroxylation is 2. The number of hydrogen-bond donors (Lipinski definition) is 1. The summed E-state index contributed by atoms with van der Waals surface area (Å²) in [5.74, 6) is 0. The monoisotopic (exact) mass is 289 g/mol. The molecule has 3 rings (SSSR count). The number of benzene rings is 1. The fourth-order valence-corrected chi connectivity index (χ4v) is 2.52. The summed E-state index contributed by atoms with van der Waals surface area (Å²) in [5.41, 5.74) is 5.50. The summed E-state index contributed by atoms with van der Waals surface area (Å²) in [6, 6.07) is 7.27. The molecule has 20 heavy (non-hydrogen) atoms. The third kappa shape index (κ3) is 2.60. The maximum Gasteiger partial charge on any atom is 0.0848 e. The minimum Gasteiger partial charge on any atom is -0.310 e. The molecule has 1 N–H and O–H groups in total. The van der Waals surface area contributed by atoms with E-state index < -0.39 is 0 Å². The second-order valence-electron chi connectivity index (χ2n) is 5.67. The molecular weight excluding hydrogens is 270 g/mol. The summed E-state index contributed by atoms with van der Waals surface area (Å²) >= 11 is 6.26. The highest BCUT2D eigenvalue weighted by Crippen LogP contribution is 2.25. The maximum atomic E-state index is 6.26. The summed E-state index contributed by atoms with van der Waals surface area (Å²) in [5, 5.41) is 8.86. The van der Waals surface area contributed by atoms with E-state index in [0.717, 1.165) is 34.7 Å². The van der Waals surface area contributed by atoms with Crippen molar-refractivity contribution in [2.45, 2.75) is 46.2 Å². The van der Waals surface area contributed by atoms with Crippen LogP contribution in [-0.4, -0.2) is 15.8 Å². The van der Waals surface area contributed by atoms with Gasteiger partial charge in [-0.1, -0.05) is 23.7 Å². The summed E-state index contributed by atoms with van der Waals surface area (Å²) in [7, 11) is 0. The van der Waals surface area contributed by atoms with Gasteiger partial charge in [-0.25, -0.2) is 4.68 Å². The third-order valence-corrected chi connectivity index (χ3v) is 4.42. The molecule has 106 valence electrons. The molecule has 4 heteroatoms. The van der Waals surface area contributed by atoms with Crippen LogP contribution in [0.3, 0.4) is 0 Å². The largest absolute Gasteiger partial charge is 0.310 e. The van der Waals surface area contributed by atoms with Gasteiger partial charge >= 0.3 is 0 Å². The fourth-order valence-electron chi connectivity index (χ4n) is 2.40. The van der Waals surface area contributed by atoms with Gasteiger partial charge in [-0.3, -0.25) is 0 Å². The molecule has 1 aromatic carbocycles. The Labute approximate surface area is 124 Å². The van der Waals surface area contributed by atoms with Crippen LogP contribution in [0.5, 0.6) is 0 Å². The predicted molar refractivity (Wildman–Crippen MR) is 82.6 cm³/mol. The molecule has 0 spiro atoms. The number of hydrogen-bond acceptors (Lipinski definition) is 2. The van der Waals surface area contributed by atoms with Gasteiger partial charge in [0.25, 0.3) is 0 Å². The first-order valence-corrected chi connectivity index (χ1v) is 7.49. The Morgan fingerprint density at radius 1 is 1.30 bits per heavy atom. The molecule has 1 saturated carbocycles. The van der Waals surface area contributed by atoms with Gasteiger partial charge in [0.15, 0.2) is 0 Å². The fraction of sp³-hybridized carbons (Fsp3) is 0.438. The average molecular weight is 290 g/mol. The van der Waals surface area contributed by atoms with E-state index in [-0.39, 0.29) is 0 Å². The van der Waals surface area contributed by atoms with Crippen LogP contribution in [-0.2, 0) is 6.54 Å². The summed E-state index contributed by atoms with van der Waals surface area (Å²) in [4.78, 5) is 0. The lowest BCUT2D eigenvalue weighted by molar-refractivity contribution is 0.686. The number of nitrogens with one attached hydrogen (secondary N) is 1. The molecule has 1 fully saturated rings. The first kappa shape index (κ1) is 13.7. The van der Waals surface area contributed by atoms with Crippen LogP contribution in [0, 0.1) is 20.8 Å². The van der Waals surface area contributed by atoms with Gasteiger partial charge in [-0.05, 0) is 50.8 Å². The molecule has 3 nitrogen and oxygen atoms in total. The first-order valence-electron chi connectivity index (χ1n) is 7.11. The molecule has 1 aromatic heterocycles. The highest BCUT2D eigenvalue weighted by Gasteiger charge is 2.20. The van der Waals surface area contributed by atoms with Crippen LogP contribution in [0.1, 0.15) is 35.4 Å². The Morgan fingerprint density at radius 2 is 2.05 bits per heavy atom. The quantitative estimate of drug-likeness (QED) is 0.930. The van der Waals surface area contributed by atoms with Crippen LogP contribution in [0.15, 0.2) is 18.2 Å². The van der Waals surface area contributed by atoms with Crippen molar-refractivity contribution in [1.29, 1.82) is 0 Å². The molecule has 0 radical (unpaired) electrons. The molecule has 1 heterocycles. The molecule has 0 saturated heterocycles. The van der Waals surface area contributed by atoms with Gasteiger partial charge in [0, 0.05) is 12.6 Å². The van der Waals surface area contributed by atoms with Crippen LogP contribution in [0.25, 0.3) is 5.69 Å². The lowest BCUT2D eigenvalue weighted by Crippen LogP contribution is -2.15. The Balaban J connectivity index is 1.94. The van der Waals surface area contributed by atoms with Gasteiger partial charge in [-0.15, -0.1) is 0 Å². The number of rotatable bonds is 4. The van der Waals surface area contributed by atoms with Crippen molar-refractivity contribution in [2.24, 2.45) is 0 Å². The number of nitrogens with zero attached hydrogens (tertiary/aromatic N) is 2. The van der Waals surface area contributed by atoms with Crippen molar-refractivity contribution < 1.29 is 0 Å². The third-order valence-electron chi connectivity index (χ3n) is 3.88. The van der Waals surface area contributed by atoms with E-state index in [4.69, 9.17) is 11.6 Å². The number of aromatic nitrogens is 2. The minimum atomic E-state index is 0.725. The first-order chi connectivity index (χ1) is 9.56. The van der Waals surface area contributed by atoms with Crippen LogP contribution in [0.4, 0.5) is 0 Å². The lowest BCUT2D eigenvalue weighted by atomic mass is 10.1. The molecule has 1 aliphatic rings. The minimum absolute atomic E-state index is 0.725. The van der Waals surface area contributed by atoms with Gasteiger partial charge in [0.2, 0.25) is 0 Å². The van der Waals surface area contributed by atoms with Crippen LogP contribution >= 0.6 is 11.6 Å². The zero-order chi connectivity index (χ0) is 14.3. The zero-order valence-electron chi connectivity index (χ0n) is 12.2. The van der Waals surface area contributed by atoms with Crippen molar-refractivity contribution in [3.63, 3.8) is 0 Å². The van der Waals surface area contributed by atoms with Crippen molar-refractivity contribution >= 4 is 11.6 Å². The van der Waals surface area contributed by atoms with Crippen LogP contribution in [0.2, 0.25) is 5.02 Å². The predicted octanol–water partition coefficient (Wildman–Crippen LogP) is 3.70. The SMILES string of the molecule is Cc1ccc(CNC2CC2)cc1-n1nc(C)c(Cl)c1C. The van der Waals surface area contributed by atoms with E-state index in [2.05, 4.69) is 35.5 Å². The summed E-state index contributed by atoms with van der Waals surface area (Å²) < 4.78 is 1.95. The second kappa shape index (κ2) is 5.23. The lowest BCUT2D eigenvalue weighted by Gasteiger charge is -2.11. The van der Waals surface area contributed by atoms with E-state index in [0.29, 0.717) is 0 Å². The Bertz CT molecular complexity index is 641. The van der Waals surface area contributed by atoms with Gasteiger partial charge in [0.1, 0.15) is 0 Å². The van der Waals surface area contributed by atoms with Crippen molar-refractivity contribution in [1.82, 2.24) is 15.1 Å². The zero-order valence-corrected chi connectivity index (χ0v) is 13.0. The second-order valence-corrected chi connectivity index (χ2v) is 6.05. The maximum absolute atomic E-state index is 6.26. The molecule has 0 aliphatic heterocycles. The van der Waals surface area contributed by atoms with Crippen molar-refractivity contribution in [2.75, 3.05) is 0 Å². The summed E-state index contributed by atoms with van der Waals surface area (Å²) in [6.07, 6.45) is 2.62. The topological polar surface area (TPSA) is 29.9 Å². The average Bonchev–Trinajstić information content (AvgIpc) is 3.22. The molecule has 0 atom stereocenters. The van der Waals surface area contributed by atoms with E-state index in [1.54, 1.807) is 0 Å². The Kier molecular flexibility index (Phi) is 3.57. The standard InChI is InChI=1S/C16H20ClN3/c1-10-4-5-13(9-18-14-6-7-14)8-15(10)20-12(3)16(17)11(2)19-20/h4-5,8,14,18H,6-7,9H2,1-3H3. The summed E-state index contributed by atoms with van der Waals surface area (Å²) in [6.45, 7) is 6.99. The molecule has 2 aromatic rings. The Morgan fingerprint density at radius 3 is 2.65 bits per heavy atom. The van der Waals surface area contributed by atoms with Crippen molar-refractivity contribution in [3.8, 4) is 5.69 Å². The van der Waals surface area contributed by atoms with E-state index in [1.165, 1.54) is 24.0 Å². The molecular formula is C16H20ClN3. The van der Waals surface area contributed by atoms with Gasteiger partial charge < -0.3 is 5.32 Å². The van der Waals surface area contributed by atoms with Crippen molar-refractivity contribution in [3.05, 3.63) is 45.7 Å². The molecule has 0 amide bonds. The van der Waals surface area contributed by atoms with Gasteiger partial charge in [-0.2, -0.15) is 5.10 Å². The van der Waals surface area contributed by atoms with Gasteiger partial charge in [0.05, 0.1) is 22.1 Å². The Hall–Kier alpha value is -1.32. The molecule has 1 aliphatic carbocycles. The highest BCUT2D eigenvalue weighted by atomic mass is 35.5. The van der Waals surface area contributed by atoms with E-state index in [1.807, 2.05) is 18.5 Å². The van der Waals surface area contributed by atoms with E-state index >= 15 is 0 Å². The van der Waals surface area contributed by atoms with E-state index in [9.17, 15) is 0 Å².